The number of hydrogen-bond acceptors (Lipinski definition) is 2. The molecule has 2 atom stereocenters. The maximum absolute atomic E-state index is 13.5. The summed E-state index contributed by atoms with van der Waals surface area (Å²) in [4.78, 5) is 0. The quantitative estimate of drug-likeness (QED) is 0.865. The van der Waals surface area contributed by atoms with Gasteiger partial charge < -0.3 is 9.84 Å². The molecule has 0 aromatic heterocycles. The van der Waals surface area contributed by atoms with Crippen molar-refractivity contribution in [1.29, 1.82) is 0 Å². The van der Waals surface area contributed by atoms with Crippen molar-refractivity contribution in [3.63, 3.8) is 0 Å². The van der Waals surface area contributed by atoms with Gasteiger partial charge in [-0.1, -0.05) is 27.7 Å². The van der Waals surface area contributed by atoms with Crippen LogP contribution in [0.2, 0.25) is 0 Å². The smallest absolute Gasteiger partial charge is 0.141 e. The van der Waals surface area contributed by atoms with Crippen molar-refractivity contribution in [3.05, 3.63) is 28.0 Å². The number of rotatable bonds is 4. The van der Waals surface area contributed by atoms with E-state index in [9.17, 15) is 9.50 Å². The van der Waals surface area contributed by atoms with Crippen molar-refractivity contribution >= 4 is 15.9 Å². The minimum atomic E-state index is -0.666. The molecule has 1 N–H and O–H groups in total. The summed E-state index contributed by atoms with van der Waals surface area (Å²) in [6.07, 6.45) is -0.0566. The Morgan fingerprint density at radius 1 is 1.37 bits per heavy atom. The van der Waals surface area contributed by atoms with Gasteiger partial charge in [0.2, 0.25) is 0 Å². The monoisotopic (exact) mass is 332 g/mol. The van der Waals surface area contributed by atoms with Crippen LogP contribution in [0.15, 0.2) is 16.6 Å². The van der Waals surface area contributed by atoms with Gasteiger partial charge in [-0.05, 0) is 39.8 Å². The SMILES string of the molecule is COc1cc(F)c(Br)cc1C(O)CC(C)C(C)(C)C. The first-order valence-corrected chi connectivity index (χ1v) is 7.17. The molecule has 0 amide bonds. The number of halogens is 2. The Labute approximate surface area is 123 Å². The Morgan fingerprint density at radius 2 is 1.95 bits per heavy atom. The van der Waals surface area contributed by atoms with Crippen LogP contribution in [0, 0.1) is 17.2 Å². The maximum Gasteiger partial charge on any atom is 0.141 e. The van der Waals surface area contributed by atoms with Gasteiger partial charge in [0.05, 0.1) is 17.7 Å². The number of methoxy groups -OCH3 is 1. The van der Waals surface area contributed by atoms with Crippen molar-refractivity contribution in [1.82, 2.24) is 0 Å². The zero-order valence-corrected chi connectivity index (χ0v) is 13.7. The first-order chi connectivity index (χ1) is 8.66. The molecule has 19 heavy (non-hydrogen) atoms. The van der Waals surface area contributed by atoms with Gasteiger partial charge in [-0.3, -0.25) is 0 Å². The highest BCUT2D eigenvalue weighted by Gasteiger charge is 2.25. The van der Waals surface area contributed by atoms with E-state index in [0.29, 0.717) is 28.1 Å². The van der Waals surface area contributed by atoms with Crippen LogP contribution in [0.25, 0.3) is 0 Å². The summed E-state index contributed by atoms with van der Waals surface area (Å²) < 4.78 is 18.9. The molecule has 0 saturated carbocycles. The normalized spacial score (nSPS) is 15.2. The van der Waals surface area contributed by atoms with Crippen molar-refractivity contribution in [3.8, 4) is 5.75 Å². The van der Waals surface area contributed by atoms with Gasteiger partial charge in [-0.2, -0.15) is 0 Å². The molecule has 1 aromatic rings. The highest BCUT2D eigenvalue weighted by molar-refractivity contribution is 9.10. The molecule has 2 nitrogen and oxygen atoms in total. The number of aliphatic hydroxyl groups is 1. The second-order valence-electron chi connectivity index (χ2n) is 6.03. The average Bonchev–Trinajstić information content (AvgIpc) is 2.30. The first-order valence-electron chi connectivity index (χ1n) is 6.37. The molecule has 0 radical (unpaired) electrons. The molecule has 2 unspecified atom stereocenters. The van der Waals surface area contributed by atoms with E-state index in [-0.39, 0.29) is 5.41 Å². The molecule has 4 heteroatoms. The molecule has 0 heterocycles. The zero-order chi connectivity index (χ0) is 14.8. The Hall–Kier alpha value is -0.610. The molecule has 0 saturated heterocycles. The van der Waals surface area contributed by atoms with Crippen LogP contribution in [0.1, 0.15) is 45.8 Å². The molecule has 0 fully saturated rings. The van der Waals surface area contributed by atoms with Crippen LogP contribution in [0.3, 0.4) is 0 Å². The molecular formula is C15H22BrFO2. The lowest BCUT2D eigenvalue weighted by Gasteiger charge is -2.29. The van der Waals surface area contributed by atoms with Gasteiger partial charge in [-0.15, -0.1) is 0 Å². The minimum absolute atomic E-state index is 0.117. The Balaban J connectivity index is 2.99. The first kappa shape index (κ1) is 16.4. The lowest BCUT2D eigenvalue weighted by atomic mass is 9.78. The predicted octanol–water partition coefficient (Wildman–Crippen LogP) is 4.70. The van der Waals surface area contributed by atoms with Crippen LogP contribution in [0.5, 0.6) is 5.75 Å². The molecule has 0 aliphatic carbocycles. The van der Waals surface area contributed by atoms with Gasteiger partial charge in [-0.25, -0.2) is 4.39 Å². The van der Waals surface area contributed by atoms with E-state index in [4.69, 9.17) is 4.74 Å². The third-order valence-corrected chi connectivity index (χ3v) is 4.29. The van der Waals surface area contributed by atoms with E-state index in [1.165, 1.54) is 13.2 Å². The standard InChI is InChI=1S/C15H22BrFO2/c1-9(15(2,3)4)6-13(18)10-7-11(16)12(17)8-14(10)19-5/h7-9,13,18H,6H2,1-5H3. The van der Waals surface area contributed by atoms with E-state index in [0.717, 1.165) is 0 Å². The second kappa shape index (κ2) is 6.23. The van der Waals surface area contributed by atoms with E-state index in [1.54, 1.807) is 6.07 Å². The molecule has 0 bridgehead atoms. The van der Waals surface area contributed by atoms with Gasteiger partial charge in [0, 0.05) is 11.6 Å². The number of hydrogen-bond donors (Lipinski definition) is 1. The third-order valence-electron chi connectivity index (χ3n) is 3.69. The lowest BCUT2D eigenvalue weighted by Crippen LogP contribution is -2.20. The summed E-state index contributed by atoms with van der Waals surface area (Å²) in [6, 6.07) is 2.89. The van der Waals surface area contributed by atoms with E-state index in [1.807, 2.05) is 0 Å². The van der Waals surface area contributed by atoms with Crippen LogP contribution in [0.4, 0.5) is 4.39 Å². The summed E-state index contributed by atoms with van der Waals surface area (Å²) >= 11 is 3.14. The summed E-state index contributed by atoms with van der Waals surface area (Å²) in [5.74, 6) is 0.321. The van der Waals surface area contributed by atoms with Gasteiger partial charge in [0.15, 0.2) is 0 Å². The molecular weight excluding hydrogens is 311 g/mol. The second-order valence-corrected chi connectivity index (χ2v) is 6.88. The number of ether oxygens (including phenoxy) is 1. The lowest BCUT2D eigenvalue weighted by molar-refractivity contribution is 0.108. The Kier molecular flexibility index (Phi) is 5.39. The molecule has 108 valence electrons. The van der Waals surface area contributed by atoms with E-state index in [2.05, 4.69) is 43.6 Å². The van der Waals surface area contributed by atoms with Crippen LogP contribution >= 0.6 is 15.9 Å². The van der Waals surface area contributed by atoms with Gasteiger partial charge in [0.1, 0.15) is 11.6 Å². The van der Waals surface area contributed by atoms with Crippen LogP contribution < -0.4 is 4.74 Å². The van der Waals surface area contributed by atoms with Crippen molar-refractivity contribution < 1.29 is 14.2 Å². The van der Waals surface area contributed by atoms with Crippen LogP contribution in [-0.4, -0.2) is 12.2 Å². The fraction of sp³-hybridized carbons (Fsp3) is 0.600. The summed E-state index contributed by atoms with van der Waals surface area (Å²) in [5.41, 5.74) is 0.734. The Bertz CT molecular complexity index is 441. The summed E-state index contributed by atoms with van der Waals surface area (Å²) in [5, 5.41) is 10.4. The largest absolute Gasteiger partial charge is 0.496 e. The fourth-order valence-corrected chi connectivity index (χ4v) is 2.16. The molecule has 0 aliphatic rings. The van der Waals surface area contributed by atoms with Gasteiger partial charge in [0.25, 0.3) is 0 Å². The number of benzene rings is 1. The minimum Gasteiger partial charge on any atom is -0.496 e. The van der Waals surface area contributed by atoms with E-state index < -0.39 is 11.9 Å². The van der Waals surface area contributed by atoms with Crippen molar-refractivity contribution in [2.45, 2.75) is 40.2 Å². The summed E-state index contributed by atoms with van der Waals surface area (Å²) in [7, 11) is 1.48. The Morgan fingerprint density at radius 3 is 2.42 bits per heavy atom. The van der Waals surface area contributed by atoms with Crippen molar-refractivity contribution in [2.24, 2.45) is 11.3 Å². The average molecular weight is 333 g/mol. The van der Waals surface area contributed by atoms with Crippen molar-refractivity contribution in [2.75, 3.05) is 7.11 Å². The predicted molar refractivity (Wildman–Crippen MR) is 78.8 cm³/mol. The zero-order valence-electron chi connectivity index (χ0n) is 12.1. The highest BCUT2D eigenvalue weighted by atomic mass is 79.9. The highest BCUT2D eigenvalue weighted by Crippen LogP contribution is 2.37. The number of aliphatic hydroxyl groups excluding tert-OH is 1. The maximum atomic E-state index is 13.5. The van der Waals surface area contributed by atoms with Crippen LogP contribution in [-0.2, 0) is 0 Å². The molecule has 1 rings (SSSR count). The molecule has 0 spiro atoms. The third kappa shape index (κ3) is 4.18. The molecule has 0 aliphatic heterocycles. The van der Waals surface area contributed by atoms with Gasteiger partial charge >= 0.3 is 0 Å². The summed E-state index contributed by atoms with van der Waals surface area (Å²) in [6.45, 7) is 8.53. The molecule has 1 aromatic carbocycles. The topological polar surface area (TPSA) is 29.5 Å². The fourth-order valence-electron chi connectivity index (χ4n) is 1.80. The van der Waals surface area contributed by atoms with E-state index >= 15 is 0 Å².